The molecule has 0 aromatic carbocycles. The lowest BCUT2D eigenvalue weighted by atomic mass is 9.90. The molecule has 0 N–H and O–H groups in total. The Labute approximate surface area is 116 Å². The number of rotatable bonds is 0. The predicted molar refractivity (Wildman–Crippen MR) is 66.8 cm³/mol. The van der Waals surface area contributed by atoms with Crippen molar-refractivity contribution in [2.45, 2.75) is 32.4 Å². The Morgan fingerprint density at radius 1 is 1.06 bits per heavy atom. The van der Waals surface area contributed by atoms with Gasteiger partial charge in [-0.15, -0.1) is 0 Å². The van der Waals surface area contributed by atoms with E-state index in [2.05, 4.69) is 4.98 Å². The standard InChI is InChI=1S/C11H11F3INO2/c1-10(2,3)9-7-6(17-4-18-7)5(15)8(16-9)11(12,13)14/h4H2,1-3H3. The molecule has 1 aromatic rings. The number of aromatic nitrogens is 1. The molecule has 3 nitrogen and oxygen atoms in total. The van der Waals surface area contributed by atoms with Crippen LogP contribution in [0.2, 0.25) is 0 Å². The fourth-order valence-corrected chi connectivity index (χ4v) is 2.46. The first-order valence-electron chi connectivity index (χ1n) is 5.19. The van der Waals surface area contributed by atoms with E-state index >= 15 is 0 Å². The monoisotopic (exact) mass is 373 g/mol. The third kappa shape index (κ3) is 2.24. The van der Waals surface area contributed by atoms with Crippen molar-refractivity contribution >= 4 is 22.6 Å². The summed E-state index contributed by atoms with van der Waals surface area (Å²) in [5, 5.41) is 0. The molecule has 1 aliphatic rings. The Kier molecular flexibility index (Phi) is 3.15. The first-order chi connectivity index (χ1) is 8.12. The molecule has 0 bridgehead atoms. The van der Waals surface area contributed by atoms with E-state index in [9.17, 15) is 13.2 Å². The molecular weight excluding hydrogens is 362 g/mol. The van der Waals surface area contributed by atoms with Gasteiger partial charge >= 0.3 is 6.18 Å². The Hall–Kier alpha value is -0.730. The molecule has 2 rings (SSSR count). The minimum Gasteiger partial charge on any atom is -0.452 e. The van der Waals surface area contributed by atoms with E-state index in [0.717, 1.165) is 0 Å². The van der Waals surface area contributed by atoms with Crippen molar-refractivity contribution < 1.29 is 22.6 Å². The first kappa shape index (κ1) is 13.7. The number of halogens is 4. The van der Waals surface area contributed by atoms with Crippen molar-refractivity contribution in [3.05, 3.63) is 15.0 Å². The Morgan fingerprint density at radius 3 is 2.11 bits per heavy atom. The fourth-order valence-electron chi connectivity index (χ4n) is 1.63. The molecule has 0 radical (unpaired) electrons. The summed E-state index contributed by atoms with van der Waals surface area (Å²) >= 11 is 1.59. The number of nitrogens with zero attached hydrogens (tertiary/aromatic N) is 1. The highest BCUT2D eigenvalue weighted by Gasteiger charge is 2.41. The third-order valence-corrected chi connectivity index (χ3v) is 3.44. The van der Waals surface area contributed by atoms with E-state index in [1.54, 1.807) is 43.4 Å². The van der Waals surface area contributed by atoms with Gasteiger partial charge in [0.2, 0.25) is 6.79 Å². The van der Waals surface area contributed by atoms with Gasteiger partial charge in [0.05, 0.1) is 9.26 Å². The summed E-state index contributed by atoms with van der Waals surface area (Å²) in [4.78, 5) is 3.75. The predicted octanol–water partition coefficient (Wildman–Crippen LogP) is 3.73. The first-order valence-corrected chi connectivity index (χ1v) is 6.27. The number of pyridine rings is 1. The summed E-state index contributed by atoms with van der Waals surface area (Å²) in [5.74, 6) is 0.461. The van der Waals surface area contributed by atoms with Crippen LogP contribution < -0.4 is 9.47 Å². The number of fused-ring (bicyclic) bond motifs is 1. The van der Waals surface area contributed by atoms with E-state index in [1.807, 2.05) is 0 Å². The van der Waals surface area contributed by atoms with Gasteiger partial charge < -0.3 is 9.47 Å². The third-order valence-electron chi connectivity index (χ3n) is 2.44. The zero-order chi connectivity index (χ0) is 13.7. The molecule has 0 atom stereocenters. The molecular formula is C11H11F3INO2. The Morgan fingerprint density at radius 2 is 1.61 bits per heavy atom. The molecule has 2 heterocycles. The smallest absolute Gasteiger partial charge is 0.434 e. The molecule has 1 aromatic heterocycles. The van der Waals surface area contributed by atoms with Crippen LogP contribution in [0.3, 0.4) is 0 Å². The molecule has 0 spiro atoms. The molecule has 1 aliphatic heterocycles. The SMILES string of the molecule is CC(C)(C)c1nc(C(F)(F)F)c(I)c2c1OCO2. The highest BCUT2D eigenvalue weighted by Crippen LogP contribution is 2.47. The molecule has 7 heteroatoms. The summed E-state index contributed by atoms with van der Waals surface area (Å²) in [6.45, 7) is 5.27. The fraction of sp³-hybridized carbons (Fsp3) is 0.545. The molecule has 0 saturated heterocycles. The van der Waals surface area contributed by atoms with Crippen LogP contribution in [0.25, 0.3) is 0 Å². The van der Waals surface area contributed by atoms with E-state index < -0.39 is 17.3 Å². The molecule has 0 amide bonds. The van der Waals surface area contributed by atoms with Crippen molar-refractivity contribution in [1.29, 1.82) is 0 Å². The van der Waals surface area contributed by atoms with Crippen LogP contribution in [0, 0.1) is 3.57 Å². The van der Waals surface area contributed by atoms with E-state index in [-0.39, 0.29) is 21.8 Å². The van der Waals surface area contributed by atoms with Gasteiger partial charge in [-0.2, -0.15) is 13.2 Å². The van der Waals surface area contributed by atoms with Gasteiger partial charge in [-0.1, -0.05) is 20.8 Å². The molecule has 0 aliphatic carbocycles. The van der Waals surface area contributed by atoms with Gasteiger partial charge in [-0.3, -0.25) is 0 Å². The second kappa shape index (κ2) is 4.14. The minimum atomic E-state index is -4.50. The summed E-state index contributed by atoms with van der Waals surface area (Å²) < 4.78 is 49.1. The van der Waals surface area contributed by atoms with Crippen LogP contribution in [0.15, 0.2) is 0 Å². The molecule has 0 saturated carbocycles. The highest BCUT2D eigenvalue weighted by atomic mass is 127. The van der Waals surface area contributed by atoms with Crippen molar-refractivity contribution in [1.82, 2.24) is 4.98 Å². The lowest BCUT2D eigenvalue weighted by molar-refractivity contribution is -0.142. The van der Waals surface area contributed by atoms with Crippen molar-refractivity contribution in [2.75, 3.05) is 6.79 Å². The largest absolute Gasteiger partial charge is 0.452 e. The normalized spacial score (nSPS) is 15.1. The van der Waals surface area contributed by atoms with Crippen LogP contribution in [-0.4, -0.2) is 11.8 Å². The average Bonchev–Trinajstić information content (AvgIpc) is 2.62. The number of alkyl halides is 3. The molecule has 0 unspecified atom stereocenters. The van der Waals surface area contributed by atoms with E-state index in [4.69, 9.17) is 9.47 Å². The lowest BCUT2D eigenvalue weighted by Crippen LogP contribution is -2.19. The maximum atomic E-state index is 12.9. The second-order valence-corrected chi connectivity index (χ2v) is 6.01. The topological polar surface area (TPSA) is 31.4 Å². The van der Waals surface area contributed by atoms with E-state index in [1.165, 1.54) is 0 Å². The molecule has 18 heavy (non-hydrogen) atoms. The molecule has 0 fully saturated rings. The van der Waals surface area contributed by atoms with E-state index in [0.29, 0.717) is 5.75 Å². The van der Waals surface area contributed by atoms with Crippen molar-refractivity contribution in [3.8, 4) is 11.5 Å². The average molecular weight is 373 g/mol. The van der Waals surface area contributed by atoms with Crippen molar-refractivity contribution in [2.24, 2.45) is 0 Å². The zero-order valence-corrected chi connectivity index (χ0v) is 12.1. The van der Waals surface area contributed by atoms with Crippen LogP contribution in [0.5, 0.6) is 11.5 Å². The summed E-state index contributed by atoms with van der Waals surface area (Å²) in [6, 6.07) is 0. The van der Waals surface area contributed by atoms with Crippen LogP contribution in [0.1, 0.15) is 32.2 Å². The maximum absolute atomic E-state index is 12.9. The van der Waals surface area contributed by atoms with Crippen LogP contribution in [-0.2, 0) is 11.6 Å². The Balaban J connectivity index is 2.73. The van der Waals surface area contributed by atoms with Gasteiger partial charge in [0.1, 0.15) is 0 Å². The van der Waals surface area contributed by atoms with Gasteiger partial charge in [-0.25, -0.2) is 4.98 Å². The Bertz CT molecular complexity index is 495. The van der Waals surface area contributed by atoms with Crippen LogP contribution >= 0.6 is 22.6 Å². The van der Waals surface area contributed by atoms with Gasteiger partial charge in [0.15, 0.2) is 17.2 Å². The summed E-state index contributed by atoms with van der Waals surface area (Å²) in [5.41, 5.74) is -1.21. The maximum Gasteiger partial charge on any atom is 0.434 e. The number of hydrogen-bond acceptors (Lipinski definition) is 3. The molecule has 100 valence electrons. The summed E-state index contributed by atoms with van der Waals surface area (Å²) in [6.07, 6.45) is -4.50. The van der Waals surface area contributed by atoms with Gasteiger partial charge in [-0.05, 0) is 22.6 Å². The number of hydrogen-bond donors (Lipinski definition) is 0. The summed E-state index contributed by atoms with van der Waals surface area (Å²) in [7, 11) is 0. The van der Waals surface area contributed by atoms with Crippen molar-refractivity contribution in [3.63, 3.8) is 0 Å². The highest BCUT2D eigenvalue weighted by molar-refractivity contribution is 14.1. The zero-order valence-electron chi connectivity index (χ0n) is 9.98. The van der Waals surface area contributed by atoms with Gasteiger partial charge in [0, 0.05) is 5.41 Å². The van der Waals surface area contributed by atoms with Crippen LogP contribution in [0.4, 0.5) is 13.2 Å². The quantitative estimate of drug-likeness (QED) is 0.650. The minimum absolute atomic E-state index is 0.0550. The lowest BCUT2D eigenvalue weighted by Gasteiger charge is -2.21. The number of ether oxygens (including phenoxy) is 2. The van der Waals surface area contributed by atoms with Gasteiger partial charge in [0.25, 0.3) is 0 Å². The second-order valence-electron chi connectivity index (χ2n) is 4.94.